The molecule has 1 amide bonds. The minimum Gasteiger partial charge on any atom is -0.358 e. The second kappa shape index (κ2) is 10.5. The van der Waals surface area contributed by atoms with Crippen LogP contribution in [0.25, 0.3) is 10.9 Å². The molecule has 0 atom stereocenters. The monoisotopic (exact) mass is 485 g/mol. The van der Waals surface area contributed by atoms with E-state index in [-0.39, 0.29) is 42.0 Å². The Morgan fingerprint density at radius 2 is 1.89 bits per heavy atom. The van der Waals surface area contributed by atoms with Crippen LogP contribution in [-0.4, -0.2) is 42.0 Å². The van der Waals surface area contributed by atoms with Gasteiger partial charge in [-0.3, -0.25) is 4.79 Å². The molecule has 0 aliphatic rings. The van der Waals surface area contributed by atoms with Gasteiger partial charge in [0.2, 0.25) is 5.91 Å². The van der Waals surface area contributed by atoms with Crippen LogP contribution in [0.1, 0.15) is 39.0 Å². The van der Waals surface area contributed by atoms with Gasteiger partial charge in [-0.2, -0.15) is 0 Å². The molecule has 7 heteroatoms. The van der Waals surface area contributed by atoms with Crippen LogP contribution < -0.4 is 16.0 Å². The molecule has 4 N–H and O–H groups in total. The summed E-state index contributed by atoms with van der Waals surface area (Å²) in [6.07, 6.45) is 0.883. The highest BCUT2D eigenvalue weighted by molar-refractivity contribution is 14.0. The van der Waals surface area contributed by atoms with Crippen molar-refractivity contribution in [3.63, 3.8) is 0 Å². The molecular formula is C20H32IN5O. The highest BCUT2D eigenvalue weighted by atomic mass is 127. The smallest absolute Gasteiger partial charge is 0.242 e. The Morgan fingerprint density at radius 1 is 1.19 bits per heavy atom. The Kier molecular flexibility index (Phi) is 9.08. The first kappa shape index (κ1) is 23.3. The number of H-pyrrole nitrogens is 1. The highest BCUT2D eigenvalue weighted by Gasteiger charge is 2.13. The van der Waals surface area contributed by atoms with Gasteiger partial charge in [0, 0.05) is 35.2 Å². The van der Waals surface area contributed by atoms with E-state index in [2.05, 4.69) is 51.0 Å². The number of fused-ring (bicyclic) bond motifs is 1. The number of para-hydroxylation sites is 1. The fraction of sp³-hybridized carbons (Fsp3) is 0.500. The summed E-state index contributed by atoms with van der Waals surface area (Å²) >= 11 is 0. The maximum atomic E-state index is 11.9. The van der Waals surface area contributed by atoms with Crippen molar-refractivity contribution in [3.8, 4) is 0 Å². The number of aromatic amines is 1. The maximum Gasteiger partial charge on any atom is 0.242 e. The molecule has 1 aromatic heterocycles. The zero-order valence-corrected chi connectivity index (χ0v) is 19.2. The van der Waals surface area contributed by atoms with Gasteiger partial charge in [-0.15, -0.1) is 24.0 Å². The summed E-state index contributed by atoms with van der Waals surface area (Å²) in [4.78, 5) is 19.7. The van der Waals surface area contributed by atoms with E-state index < -0.39 is 0 Å². The second-order valence-corrected chi connectivity index (χ2v) is 7.44. The number of benzene rings is 1. The molecule has 0 aliphatic carbocycles. The number of aliphatic imine (C=N–C) groups is 1. The summed E-state index contributed by atoms with van der Waals surface area (Å²) in [5.41, 5.74) is 3.43. The van der Waals surface area contributed by atoms with Crippen molar-refractivity contribution < 1.29 is 4.79 Å². The molecular weight excluding hydrogens is 453 g/mol. The molecule has 0 saturated carbocycles. The first-order valence-electron chi connectivity index (χ1n) is 9.19. The van der Waals surface area contributed by atoms with Gasteiger partial charge in [-0.1, -0.05) is 18.2 Å². The number of hydrogen-bond acceptors (Lipinski definition) is 2. The van der Waals surface area contributed by atoms with Gasteiger partial charge in [0.1, 0.15) is 6.54 Å². The molecule has 150 valence electrons. The lowest BCUT2D eigenvalue weighted by atomic mass is 10.1. The van der Waals surface area contributed by atoms with E-state index in [0.717, 1.165) is 19.5 Å². The van der Waals surface area contributed by atoms with Crippen LogP contribution in [0, 0.1) is 6.92 Å². The van der Waals surface area contributed by atoms with Gasteiger partial charge in [-0.05, 0) is 52.7 Å². The quantitative estimate of drug-likeness (QED) is 0.289. The second-order valence-electron chi connectivity index (χ2n) is 7.44. The number of rotatable bonds is 6. The van der Waals surface area contributed by atoms with Crippen molar-refractivity contribution in [2.75, 3.05) is 19.6 Å². The van der Waals surface area contributed by atoms with Crippen LogP contribution >= 0.6 is 24.0 Å². The van der Waals surface area contributed by atoms with Gasteiger partial charge in [0.15, 0.2) is 5.96 Å². The normalized spacial score (nSPS) is 11.8. The summed E-state index contributed by atoms with van der Waals surface area (Å²) in [6.45, 7) is 11.6. The first-order valence-corrected chi connectivity index (χ1v) is 9.19. The number of guanidine groups is 1. The summed E-state index contributed by atoms with van der Waals surface area (Å²) in [5.74, 6) is 0.580. The average Bonchev–Trinajstić information content (AvgIpc) is 2.87. The van der Waals surface area contributed by atoms with Crippen molar-refractivity contribution in [2.24, 2.45) is 4.99 Å². The third-order valence-electron chi connectivity index (χ3n) is 3.93. The van der Waals surface area contributed by atoms with E-state index in [1.165, 1.54) is 22.2 Å². The molecule has 0 saturated heterocycles. The molecule has 2 aromatic rings. The van der Waals surface area contributed by atoms with E-state index in [1.807, 2.05) is 33.8 Å². The van der Waals surface area contributed by atoms with E-state index in [4.69, 9.17) is 0 Å². The molecule has 0 bridgehead atoms. The number of carbonyl (C=O) groups excluding carboxylic acids is 1. The standard InChI is InChI=1S/C20H31N5O.HI/c1-6-21-19(23-13-18(26)25-20(3,4)5)22-12-11-15-14(2)24-17-10-8-7-9-16(15)17;/h7-10,24H,6,11-13H2,1-5H3,(H,25,26)(H2,21,22,23);1H. The third-order valence-corrected chi connectivity index (χ3v) is 3.93. The predicted molar refractivity (Wildman–Crippen MR) is 124 cm³/mol. The number of amides is 1. The molecule has 6 nitrogen and oxygen atoms in total. The predicted octanol–water partition coefficient (Wildman–Crippen LogP) is 3.11. The minimum absolute atomic E-state index is 0. The third kappa shape index (κ3) is 7.40. The van der Waals surface area contributed by atoms with Crippen molar-refractivity contribution >= 4 is 46.7 Å². The highest BCUT2D eigenvalue weighted by Crippen LogP contribution is 2.21. The fourth-order valence-corrected chi connectivity index (χ4v) is 2.91. The number of nitrogens with zero attached hydrogens (tertiary/aromatic N) is 1. The van der Waals surface area contributed by atoms with Crippen LogP contribution in [0.4, 0.5) is 0 Å². The van der Waals surface area contributed by atoms with Crippen LogP contribution in [0.15, 0.2) is 29.3 Å². The Bertz CT molecular complexity index is 776. The number of aryl methyl sites for hydroxylation is 1. The Labute approximate surface area is 179 Å². The lowest BCUT2D eigenvalue weighted by Gasteiger charge is -2.20. The van der Waals surface area contributed by atoms with E-state index in [9.17, 15) is 4.79 Å². The molecule has 0 aliphatic heterocycles. The van der Waals surface area contributed by atoms with Crippen LogP contribution in [-0.2, 0) is 11.2 Å². The molecule has 0 unspecified atom stereocenters. The van der Waals surface area contributed by atoms with Crippen molar-refractivity contribution in [3.05, 3.63) is 35.5 Å². The maximum absolute atomic E-state index is 11.9. The summed E-state index contributed by atoms with van der Waals surface area (Å²) in [5, 5.41) is 10.7. The van der Waals surface area contributed by atoms with Crippen LogP contribution in [0.3, 0.4) is 0 Å². The minimum atomic E-state index is -0.245. The van der Waals surface area contributed by atoms with Gasteiger partial charge in [0.05, 0.1) is 0 Å². The Morgan fingerprint density at radius 3 is 2.56 bits per heavy atom. The van der Waals surface area contributed by atoms with Gasteiger partial charge < -0.3 is 20.9 Å². The molecule has 0 spiro atoms. The SMILES string of the molecule is CCNC(=NCC(=O)NC(C)(C)C)NCCc1c(C)[nH]c2ccccc12.I. The van der Waals surface area contributed by atoms with E-state index in [1.54, 1.807) is 0 Å². The lowest BCUT2D eigenvalue weighted by Crippen LogP contribution is -2.43. The summed E-state index contributed by atoms with van der Waals surface area (Å²) < 4.78 is 0. The number of halogens is 1. The topological polar surface area (TPSA) is 81.3 Å². The van der Waals surface area contributed by atoms with Gasteiger partial charge in [-0.25, -0.2) is 4.99 Å². The number of carbonyl (C=O) groups is 1. The van der Waals surface area contributed by atoms with Crippen LogP contribution in [0.2, 0.25) is 0 Å². The summed E-state index contributed by atoms with van der Waals surface area (Å²) in [6, 6.07) is 8.34. The fourth-order valence-electron chi connectivity index (χ4n) is 2.91. The summed E-state index contributed by atoms with van der Waals surface area (Å²) in [7, 11) is 0. The number of nitrogens with one attached hydrogen (secondary N) is 4. The average molecular weight is 485 g/mol. The molecule has 2 rings (SSSR count). The van der Waals surface area contributed by atoms with E-state index >= 15 is 0 Å². The molecule has 1 aromatic carbocycles. The van der Waals surface area contributed by atoms with Crippen LogP contribution in [0.5, 0.6) is 0 Å². The molecule has 0 fully saturated rings. The van der Waals surface area contributed by atoms with Gasteiger partial charge in [0.25, 0.3) is 0 Å². The van der Waals surface area contributed by atoms with Gasteiger partial charge >= 0.3 is 0 Å². The molecule has 0 radical (unpaired) electrons. The number of hydrogen-bond donors (Lipinski definition) is 4. The lowest BCUT2D eigenvalue weighted by molar-refractivity contribution is -0.121. The largest absolute Gasteiger partial charge is 0.358 e. The molecule has 27 heavy (non-hydrogen) atoms. The van der Waals surface area contributed by atoms with Crippen molar-refractivity contribution in [2.45, 2.75) is 46.6 Å². The number of aromatic nitrogens is 1. The zero-order valence-electron chi connectivity index (χ0n) is 16.9. The first-order chi connectivity index (χ1) is 12.3. The van der Waals surface area contributed by atoms with Crippen molar-refractivity contribution in [1.29, 1.82) is 0 Å². The molecule has 1 heterocycles. The zero-order chi connectivity index (χ0) is 19.2. The van der Waals surface area contributed by atoms with Crippen molar-refractivity contribution in [1.82, 2.24) is 20.9 Å². The van der Waals surface area contributed by atoms with E-state index in [0.29, 0.717) is 5.96 Å². The Hall–Kier alpha value is -1.77. The Balaban J connectivity index is 0.00000364.